The van der Waals surface area contributed by atoms with E-state index in [2.05, 4.69) is 192 Å². The Kier molecular flexibility index (Phi) is 11.5. The fourth-order valence-electron chi connectivity index (χ4n) is 9.31. The van der Waals surface area contributed by atoms with Gasteiger partial charge in [0, 0.05) is 40.1 Å². The fourth-order valence-corrected chi connectivity index (χ4v) is 9.31. The second-order valence-electron chi connectivity index (χ2n) is 15.9. The predicted molar refractivity (Wildman–Crippen MR) is 246 cm³/mol. The van der Waals surface area contributed by atoms with E-state index in [1.807, 2.05) is 12.2 Å². The minimum Gasteiger partial charge on any atom is -0.341 e. The van der Waals surface area contributed by atoms with Gasteiger partial charge in [0.05, 0.1) is 5.69 Å². The lowest BCUT2D eigenvalue weighted by molar-refractivity contribution is 0.461. The summed E-state index contributed by atoms with van der Waals surface area (Å²) in [6, 6.07) is 36.9. The van der Waals surface area contributed by atoms with E-state index in [-0.39, 0.29) is 5.41 Å². The zero-order valence-electron chi connectivity index (χ0n) is 34.6. The van der Waals surface area contributed by atoms with Crippen molar-refractivity contribution >= 4 is 40.0 Å². The normalized spacial score (nSPS) is 16.0. The Bertz CT molecular complexity index is 2420. The van der Waals surface area contributed by atoms with Crippen molar-refractivity contribution in [2.24, 2.45) is 0 Å². The highest BCUT2D eigenvalue weighted by Gasteiger charge is 2.41. The van der Waals surface area contributed by atoms with Gasteiger partial charge < -0.3 is 9.80 Å². The van der Waals surface area contributed by atoms with Gasteiger partial charge in [-0.05, 0) is 141 Å². The van der Waals surface area contributed by atoms with Crippen molar-refractivity contribution in [2.75, 3.05) is 16.3 Å². The maximum absolute atomic E-state index is 3.96. The van der Waals surface area contributed by atoms with Crippen LogP contribution in [-0.2, 0) is 11.8 Å². The van der Waals surface area contributed by atoms with Crippen molar-refractivity contribution in [3.05, 3.63) is 184 Å². The molecule has 5 aromatic rings. The van der Waals surface area contributed by atoms with Gasteiger partial charge in [-0.3, -0.25) is 0 Å². The van der Waals surface area contributed by atoms with Gasteiger partial charge in [0.2, 0.25) is 0 Å². The van der Waals surface area contributed by atoms with Crippen LogP contribution in [0, 0.1) is 0 Å². The van der Waals surface area contributed by atoms with Gasteiger partial charge >= 0.3 is 0 Å². The average molecular weight is 735 g/mol. The molecule has 2 nitrogen and oxygen atoms in total. The molecule has 2 heteroatoms. The molecule has 1 heterocycles. The van der Waals surface area contributed by atoms with Crippen LogP contribution in [0.1, 0.15) is 102 Å². The number of para-hydroxylation sites is 1. The van der Waals surface area contributed by atoms with E-state index in [0.29, 0.717) is 0 Å². The SMILES string of the molecule is C=CC=CC(=C(C)C)N(C(C=CC)=C(C)C)c1cccc2c(C=Cc3ccc4c(c3)C(CC)(CCC)c3cc(N5CCCc6ccccc65)ccc3-4)cccc12. The van der Waals surface area contributed by atoms with E-state index in [9.17, 15) is 0 Å². The van der Waals surface area contributed by atoms with Crippen LogP contribution in [0.15, 0.2) is 157 Å². The first-order valence-electron chi connectivity index (χ1n) is 20.7. The van der Waals surface area contributed by atoms with Crippen molar-refractivity contribution in [2.45, 2.75) is 86.0 Å². The molecule has 0 fully saturated rings. The Morgan fingerprint density at radius 2 is 1.48 bits per heavy atom. The number of benzene rings is 5. The molecule has 0 bridgehead atoms. The molecule has 0 saturated carbocycles. The number of hydrogen-bond acceptors (Lipinski definition) is 2. The zero-order chi connectivity index (χ0) is 39.4. The minimum absolute atomic E-state index is 0.00929. The summed E-state index contributed by atoms with van der Waals surface area (Å²) >= 11 is 0. The Hall–Kier alpha value is -5.60. The van der Waals surface area contributed by atoms with Crippen molar-refractivity contribution in [3.8, 4) is 11.1 Å². The Labute approximate surface area is 336 Å². The number of fused-ring (bicyclic) bond motifs is 5. The summed E-state index contributed by atoms with van der Waals surface area (Å²) in [7, 11) is 0. The molecule has 1 aliphatic heterocycles. The highest BCUT2D eigenvalue weighted by molar-refractivity contribution is 6.02. The Morgan fingerprint density at radius 1 is 0.768 bits per heavy atom. The summed E-state index contributed by atoms with van der Waals surface area (Å²) in [6.07, 6.45) is 20.7. The number of nitrogens with zero attached hydrogens (tertiary/aromatic N) is 2. The monoisotopic (exact) mass is 734 g/mol. The Balaban J connectivity index is 1.29. The van der Waals surface area contributed by atoms with E-state index in [0.717, 1.165) is 43.6 Å². The van der Waals surface area contributed by atoms with E-state index in [1.165, 1.54) is 84.4 Å². The molecule has 0 radical (unpaired) electrons. The lowest BCUT2D eigenvalue weighted by Gasteiger charge is -2.34. The van der Waals surface area contributed by atoms with Gasteiger partial charge in [-0.1, -0.05) is 141 Å². The second-order valence-corrected chi connectivity index (χ2v) is 15.9. The highest BCUT2D eigenvalue weighted by atomic mass is 15.2. The third-order valence-electron chi connectivity index (χ3n) is 11.9. The third-order valence-corrected chi connectivity index (χ3v) is 11.9. The molecule has 0 N–H and O–H groups in total. The standard InChI is InChI=1S/C54H58N2/c1-9-13-25-51(39(7)8)56(50(19-10-2)38(5)6)53-27-17-23-44-41(21-16-24-47(44)53)30-28-40-29-32-45-46-33-31-43(55-35-18-22-42-20-14-15-26-52(42)55)37-49(46)54(12-4,34-11-3)48(45)36-40/h9-10,13-17,19-21,23-33,36-37H,1,11-12,18,22,34-35H2,2-8H3. The molecule has 1 aliphatic carbocycles. The summed E-state index contributed by atoms with van der Waals surface area (Å²) in [5, 5.41) is 2.45. The summed E-state index contributed by atoms with van der Waals surface area (Å²) in [6.45, 7) is 20.6. The quantitative estimate of drug-likeness (QED) is 0.0930. The van der Waals surface area contributed by atoms with Crippen LogP contribution in [0.4, 0.5) is 17.1 Å². The van der Waals surface area contributed by atoms with Crippen LogP contribution in [-0.4, -0.2) is 6.54 Å². The molecule has 7 rings (SSSR count). The summed E-state index contributed by atoms with van der Waals surface area (Å²) < 4.78 is 0. The summed E-state index contributed by atoms with van der Waals surface area (Å²) in [5.74, 6) is 0. The second kappa shape index (κ2) is 16.6. The molecule has 0 saturated heterocycles. The van der Waals surface area contributed by atoms with Gasteiger partial charge in [0.1, 0.15) is 0 Å². The molecule has 0 aromatic heterocycles. The van der Waals surface area contributed by atoms with E-state index < -0.39 is 0 Å². The first kappa shape index (κ1) is 38.7. The minimum atomic E-state index is -0.00929. The zero-order valence-corrected chi connectivity index (χ0v) is 34.6. The number of rotatable bonds is 12. The van der Waals surface area contributed by atoms with E-state index >= 15 is 0 Å². The maximum Gasteiger partial charge on any atom is 0.0540 e. The van der Waals surface area contributed by atoms with Gasteiger partial charge in [-0.2, -0.15) is 0 Å². The molecule has 0 amide bonds. The van der Waals surface area contributed by atoms with Crippen LogP contribution < -0.4 is 9.80 Å². The van der Waals surface area contributed by atoms with Crippen molar-refractivity contribution in [1.82, 2.24) is 0 Å². The van der Waals surface area contributed by atoms with Crippen molar-refractivity contribution < 1.29 is 0 Å². The van der Waals surface area contributed by atoms with Crippen LogP contribution in [0.5, 0.6) is 0 Å². The lowest BCUT2D eigenvalue weighted by Crippen LogP contribution is -2.26. The largest absolute Gasteiger partial charge is 0.341 e. The molecular formula is C54H58N2. The summed E-state index contributed by atoms with van der Waals surface area (Å²) in [5.41, 5.74) is 18.3. The third kappa shape index (κ3) is 7.03. The molecule has 0 spiro atoms. The molecule has 1 atom stereocenters. The number of allylic oxidation sites excluding steroid dienone is 7. The van der Waals surface area contributed by atoms with Gasteiger partial charge in [-0.15, -0.1) is 0 Å². The molecule has 5 aromatic carbocycles. The van der Waals surface area contributed by atoms with E-state index in [1.54, 1.807) is 0 Å². The van der Waals surface area contributed by atoms with E-state index in [4.69, 9.17) is 0 Å². The first-order chi connectivity index (χ1) is 27.3. The van der Waals surface area contributed by atoms with Crippen molar-refractivity contribution in [3.63, 3.8) is 0 Å². The first-order valence-corrected chi connectivity index (χ1v) is 20.7. The van der Waals surface area contributed by atoms with Gasteiger partial charge in [0.15, 0.2) is 0 Å². The smallest absolute Gasteiger partial charge is 0.0540 e. The van der Waals surface area contributed by atoms with Crippen LogP contribution in [0.25, 0.3) is 34.1 Å². The van der Waals surface area contributed by atoms with Crippen LogP contribution in [0.3, 0.4) is 0 Å². The maximum atomic E-state index is 3.96. The highest BCUT2D eigenvalue weighted by Crippen LogP contribution is 2.55. The van der Waals surface area contributed by atoms with Crippen molar-refractivity contribution in [1.29, 1.82) is 0 Å². The van der Waals surface area contributed by atoms with Crippen LogP contribution in [0.2, 0.25) is 0 Å². The van der Waals surface area contributed by atoms with Gasteiger partial charge in [-0.25, -0.2) is 0 Å². The van der Waals surface area contributed by atoms with Gasteiger partial charge in [0.25, 0.3) is 0 Å². The molecule has 56 heavy (non-hydrogen) atoms. The molecule has 1 unspecified atom stereocenters. The number of hydrogen-bond donors (Lipinski definition) is 0. The van der Waals surface area contributed by atoms with Crippen LogP contribution >= 0.6 is 0 Å². The predicted octanol–water partition coefficient (Wildman–Crippen LogP) is 15.3. The summed E-state index contributed by atoms with van der Waals surface area (Å²) in [4.78, 5) is 4.96. The molecular weight excluding hydrogens is 677 g/mol. The average Bonchev–Trinajstić information content (AvgIpc) is 3.48. The topological polar surface area (TPSA) is 6.48 Å². The Morgan fingerprint density at radius 3 is 2.21 bits per heavy atom. The lowest BCUT2D eigenvalue weighted by atomic mass is 9.72. The fraction of sp³-hybridized carbons (Fsp3) is 0.259. The number of aryl methyl sites for hydroxylation is 1. The number of anilines is 3. The molecule has 284 valence electrons. The molecule has 2 aliphatic rings.